The molecule has 2 aromatic rings. The maximum absolute atomic E-state index is 12.9. The van der Waals surface area contributed by atoms with Crippen molar-refractivity contribution < 1.29 is 8.42 Å². The standard InChI is InChI=1S/C27H41NO2S2/c1-3-4-5-6-7-8-9-10-11-12-13-17-24-31(26-18-15-14-16-19-26)28-32(29,30)27-22-20-25(2)21-23-27/h14-16,18-23H,3-13,17,24H2,1-2H3. The van der Waals surface area contributed by atoms with Gasteiger partial charge >= 0.3 is 0 Å². The van der Waals surface area contributed by atoms with E-state index in [1.54, 1.807) is 12.1 Å². The molecule has 1 unspecified atom stereocenters. The SMILES string of the molecule is CCCCCCCCCCCCCC[S+]([N-]S(=O)(=O)c1ccc(C)cc1)c1ccccc1. The van der Waals surface area contributed by atoms with Crippen LogP contribution < -0.4 is 0 Å². The number of benzene rings is 2. The summed E-state index contributed by atoms with van der Waals surface area (Å²) in [5.41, 5.74) is 1.04. The van der Waals surface area contributed by atoms with Gasteiger partial charge in [-0.1, -0.05) is 107 Å². The van der Waals surface area contributed by atoms with Crippen LogP contribution in [0.1, 0.15) is 89.5 Å². The van der Waals surface area contributed by atoms with Crippen LogP contribution in [-0.2, 0) is 21.1 Å². The maximum atomic E-state index is 12.9. The summed E-state index contributed by atoms with van der Waals surface area (Å²) in [7, 11) is -3.65. The first-order valence-electron chi connectivity index (χ1n) is 12.3. The zero-order valence-electron chi connectivity index (χ0n) is 20.0. The van der Waals surface area contributed by atoms with Crippen molar-refractivity contribution in [3.8, 4) is 0 Å². The minimum atomic E-state index is -3.65. The highest BCUT2D eigenvalue weighted by Crippen LogP contribution is 2.29. The van der Waals surface area contributed by atoms with Gasteiger partial charge < -0.3 is 4.13 Å². The Morgan fingerprint density at radius 1 is 0.688 bits per heavy atom. The molecule has 5 heteroatoms. The van der Waals surface area contributed by atoms with Crippen LogP contribution in [-0.4, -0.2) is 14.2 Å². The van der Waals surface area contributed by atoms with Crippen LogP contribution in [0.5, 0.6) is 0 Å². The summed E-state index contributed by atoms with van der Waals surface area (Å²) in [4.78, 5) is 1.29. The van der Waals surface area contributed by atoms with Crippen LogP contribution in [0.15, 0.2) is 64.4 Å². The van der Waals surface area contributed by atoms with Crippen molar-refractivity contribution in [2.24, 2.45) is 0 Å². The summed E-state index contributed by atoms with van der Waals surface area (Å²) in [5.74, 6) is 0.798. The first-order valence-corrected chi connectivity index (χ1v) is 15.1. The van der Waals surface area contributed by atoms with E-state index in [4.69, 9.17) is 0 Å². The van der Waals surface area contributed by atoms with Crippen LogP contribution in [0.2, 0.25) is 0 Å². The largest absolute Gasteiger partial charge is 0.307 e. The monoisotopic (exact) mass is 475 g/mol. The summed E-state index contributed by atoms with van der Waals surface area (Å²) in [5, 5.41) is 0. The highest BCUT2D eigenvalue weighted by molar-refractivity contribution is 8.14. The van der Waals surface area contributed by atoms with Crippen LogP contribution in [0, 0.1) is 6.92 Å². The summed E-state index contributed by atoms with van der Waals surface area (Å²) < 4.78 is 30.1. The fraction of sp³-hybridized carbons (Fsp3) is 0.556. The van der Waals surface area contributed by atoms with Gasteiger partial charge in [-0.3, -0.25) is 0 Å². The normalized spacial score (nSPS) is 12.7. The van der Waals surface area contributed by atoms with Gasteiger partial charge in [0.1, 0.15) is 20.7 Å². The predicted molar refractivity (Wildman–Crippen MR) is 140 cm³/mol. The Morgan fingerprint density at radius 3 is 1.72 bits per heavy atom. The molecule has 0 radical (unpaired) electrons. The number of nitrogens with zero attached hydrogens (tertiary/aromatic N) is 1. The lowest BCUT2D eigenvalue weighted by molar-refractivity contribution is 0.548. The minimum absolute atomic E-state index is 0.284. The molecule has 0 aromatic heterocycles. The van der Waals surface area contributed by atoms with Crippen LogP contribution >= 0.6 is 0 Å². The van der Waals surface area contributed by atoms with Crippen molar-refractivity contribution in [3.63, 3.8) is 0 Å². The van der Waals surface area contributed by atoms with E-state index in [1.165, 1.54) is 64.2 Å². The highest BCUT2D eigenvalue weighted by Gasteiger charge is 2.19. The zero-order chi connectivity index (χ0) is 23.1. The molecule has 2 aromatic carbocycles. The van der Waals surface area contributed by atoms with Crippen LogP contribution in [0.3, 0.4) is 0 Å². The van der Waals surface area contributed by atoms with Crippen molar-refractivity contribution in [3.05, 3.63) is 64.3 Å². The third kappa shape index (κ3) is 10.5. The number of hydrogen-bond donors (Lipinski definition) is 0. The lowest BCUT2D eigenvalue weighted by Crippen LogP contribution is -2.12. The minimum Gasteiger partial charge on any atom is -0.307 e. The van der Waals surface area contributed by atoms with Crippen molar-refractivity contribution >= 4 is 21.1 Å². The Balaban J connectivity index is 1.75. The average molecular weight is 476 g/mol. The van der Waals surface area contributed by atoms with Crippen molar-refractivity contribution in [1.29, 1.82) is 0 Å². The molecule has 1 atom stereocenters. The molecule has 32 heavy (non-hydrogen) atoms. The van der Waals surface area contributed by atoms with Gasteiger partial charge in [0, 0.05) is 0 Å². The van der Waals surface area contributed by atoms with Gasteiger partial charge in [0.25, 0.3) is 0 Å². The van der Waals surface area contributed by atoms with Gasteiger partial charge in [-0.15, -0.1) is 0 Å². The number of hydrogen-bond acceptors (Lipinski definition) is 2. The number of rotatable bonds is 17. The van der Waals surface area contributed by atoms with E-state index in [0.717, 1.165) is 29.1 Å². The van der Waals surface area contributed by atoms with E-state index < -0.39 is 21.1 Å². The molecule has 0 spiro atoms. The number of sulfonamides is 1. The fourth-order valence-electron chi connectivity index (χ4n) is 3.73. The second-order valence-electron chi connectivity index (χ2n) is 8.63. The lowest BCUT2D eigenvalue weighted by atomic mass is 10.1. The summed E-state index contributed by atoms with van der Waals surface area (Å²) >= 11 is -0.641. The molecule has 0 saturated heterocycles. The van der Waals surface area contributed by atoms with Gasteiger partial charge in [-0.05, 0) is 55.1 Å². The van der Waals surface area contributed by atoms with E-state index in [1.807, 2.05) is 49.4 Å². The Kier molecular flexibility index (Phi) is 13.1. The Labute approximate surface area is 199 Å². The van der Waals surface area contributed by atoms with Gasteiger partial charge in [0.15, 0.2) is 0 Å². The zero-order valence-corrected chi connectivity index (χ0v) is 21.6. The summed E-state index contributed by atoms with van der Waals surface area (Å²) in [6.45, 7) is 4.22. The summed E-state index contributed by atoms with van der Waals surface area (Å²) in [6, 6.07) is 16.9. The highest BCUT2D eigenvalue weighted by atomic mass is 32.3. The molecule has 0 amide bonds. The van der Waals surface area contributed by atoms with E-state index in [-0.39, 0.29) is 4.90 Å². The molecule has 0 bridgehead atoms. The first-order chi connectivity index (χ1) is 15.5. The Bertz CT molecular complexity index is 836. The van der Waals surface area contributed by atoms with E-state index in [0.29, 0.717) is 0 Å². The smallest absolute Gasteiger partial charge is 0.142 e. The average Bonchev–Trinajstić information content (AvgIpc) is 2.80. The topological polar surface area (TPSA) is 48.2 Å². The lowest BCUT2D eigenvalue weighted by Gasteiger charge is -2.21. The molecular formula is C27H41NO2S2. The molecule has 2 rings (SSSR count). The quantitative estimate of drug-likeness (QED) is 0.170. The maximum Gasteiger partial charge on any atom is 0.142 e. The van der Waals surface area contributed by atoms with Gasteiger partial charge in [-0.2, -0.15) is 0 Å². The second-order valence-corrected chi connectivity index (χ2v) is 12.3. The van der Waals surface area contributed by atoms with Gasteiger partial charge in [0.2, 0.25) is 0 Å². The molecule has 0 heterocycles. The van der Waals surface area contributed by atoms with Gasteiger partial charge in [-0.25, -0.2) is 8.42 Å². The third-order valence-corrected chi connectivity index (χ3v) is 9.58. The first kappa shape index (κ1) is 26.9. The molecule has 3 nitrogen and oxygen atoms in total. The molecule has 0 aliphatic rings. The van der Waals surface area contributed by atoms with E-state index >= 15 is 0 Å². The molecule has 0 saturated carbocycles. The third-order valence-electron chi connectivity index (χ3n) is 5.71. The predicted octanol–water partition coefficient (Wildman–Crippen LogP) is 8.35. The summed E-state index contributed by atoms with van der Waals surface area (Å²) in [6.07, 6.45) is 15.6. The van der Waals surface area contributed by atoms with Crippen LogP contribution in [0.4, 0.5) is 0 Å². The molecule has 0 aliphatic carbocycles. The van der Waals surface area contributed by atoms with E-state index in [2.05, 4.69) is 11.1 Å². The van der Waals surface area contributed by atoms with Crippen molar-refractivity contribution in [2.45, 2.75) is 101 Å². The molecule has 0 N–H and O–H groups in total. The molecule has 0 aliphatic heterocycles. The number of unbranched alkanes of at least 4 members (excludes halogenated alkanes) is 11. The second kappa shape index (κ2) is 15.5. The molecule has 178 valence electrons. The number of aryl methyl sites for hydroxylation is 1. The van der Waals surface area contributed by atoms with E-state index in [9.17, 15) is 8.42 Å². The Morgan fingerprint density at radius 2 is 1.19 bits per heavy atom. The molecular weight excluding hydrogens is 434 g/mol. The van der Waals surface area contributed by atoms with Crippen molar-refractivity contribution in [2.75, 3.05) is 5.75 Å². The van der Waals surface area contributed by atoms with Crippen LogP contribution in [0.25, 0.3) is 4.13 Å². The Hall–Kier alpha value is -1.30. The van der Waals surface area contributed by atoms with Gasteiger partial charge in [0.05, 0.1) is 4.90 Å². The van der Waals surface area contributed by atoms with Crippen molar-refractivity contribution in [1.82, 2.24) is 0 Å². The fourth-order valence-corrected chi connectivity index (χ4v) is 7.33. The molecule has 0 fully saturated rings.